The minimum atomic E-state index is -0.408. The molecule has 176 valence electrons. The van der Waals surface area contributed by atoms with Crippen LogP contribution in [0.2, 0.25) is 0 Å². The second-order valence-corrected chi connectivity index (χ2v) is 9.23. The molecule has 1 aliphatic rings. The summed E-state index contributed by atoms with van der Waals surface area (Å²) in [6, 6.07) is 16.1. The van der Waals surface area contributed by atoms with E-state index in [1.807, 2.05) is 58.0 Å². The molecule has 1 aliphatic heterocycles. The Morgan fingerprint density at radius 2 is 1.71 bits per heavy atom. The third-order valence-electron chi connectivity index (χ3n) is 5.98. The summed E-state index contributed by atoms with van der Waals surface area (Å²) in [7, 11) is 0. The van der Waals surface area contributed by atoms with E-state index in [9.17, 15) is 14.4 Å². The first-order valence-electron chi connectivity index (χ1n) is 11.5. The molecule has 8 nitrogen and oxygen atoms in total. The van der Waals surface area contributed by atoms with Gasteiger partial charge in [-0.2, -0.15) is 9.78 Å². The zero-order chi connectivity index (χ0) is 24.9. The van der Waals surface area contributed by atoms with Crippen molar-refractivity contribution in [2.24, 2.45) is 5.92 Å². The lowest BCUT2D eigenvalue weighted by atomic mass is 10.1. The Labute approximate surface area is 202 Å². The fourth-order valence-electron chi connectivity index (χ4n) is 4.35. The third-order valence-corrected chi connectivity index (χ3v) is 5.98. The molecule has 4 aromatic rings. The number of imide groups is 1. The Morgan fingerprint density at radius 3 is 2.49 bits per heavy atom. The SMILES string of the molecule is Cc1cc(NC(=O)c2ccc3c(c2)C(=O)N(CC(C)C)C3=O)n(-c2cc(C)c3ccccc3n2)n1. The molecule has 3 heterocycles. The van der Waals surface area contributed by atoms with Gasteiger partial charge < -0.3 is 5.32 Å². The zero-order valence-corrected chi connectivity index (χ0v) is 20.0. The Hall–Kier alpha value is -4.33. The van der Waals surface area contributed by atoms with Crippen LogP contribution in [-0.2, 0) is 0 Å². The third kappa shape index (κ3) is 3.97. The number of hydrogen-bond donors (Lipinski definition) is 1. The minimum absolute atomic E-state index is 0.149. The second-order valence-electron chi connectivity index (χ2n) is 9.23. The molecule has 0 spiro atoms. The summed E-state index contributed by atoms with van der Waals surface area (Å²) in [5.74, 6) is 0.0923. The van der Waals surface area contributed by atoms with Gasteiger partial charge in [-0.25, -0.2) is 4.98 Å². The average molecular weight is 468 g/mol. The van der Waals surface area contributed by atoms with Crippen molar-refractivity contribution in [3.63, 3.8) is 0 Å². The number of anilines is 1. The van der Waals surface area contributed by atoms with Crippen LogP contribution in [0, 0.1) is 19.8 Å². The van der Waals surface area contributed by atoms with Gasteiger partial charge in [-0.1, -0.05) is 32.0 Å². The molecule has 0 unspecified atom stereocenters. The van der Waals surface area contributed by atoms with E-state index in [1.54, 1.807) is 22.9 Å². The van der Waals surface area contributed by atoms with Crippen molar-refractivity contribution in [1.29, 1.82) is 0 Å². The molecular formula is C27H25N5O3. The van der Waals surface area contributed by atoms with Crippen molar-refractivity contribution in [2.45, 2.75) is 27.7 Å². The summed E-state index contributed by atoms with van der Waals surface area (Å²) >= 11 is 0. The van der Waals surface area contributed by atoms with Gasteiger partial charge in [0.25, 0.3) is 17.7 Å². The molecule has 0 fully saturated rings. The molecule has 5 rings (SSSR count). The monoisotopic (exact) mass is 467 g/mol. The zero-order valence-electron chi connectivity index (χ0n) is 20.0. The van der Waals surface area contributed by atoms with Gasteiger partial charge in [-0.3, -0.25) is 19.3 Å². The molecule has 0 saturated heterocycles. The number of hydrogen-bond acceptors (Lipinski definition) is 5. The molecule has 3 amide bonds. The summed E-state index contributed by atoms with van der Waals surface area (Å²) in [4.78, 5) is 44.5. The number of carbonyl (C=O) groups excluding carboxylic acids is 3. The van der Waals surface area contributed by atoms with Crippen LogP contribution in [0.15, 0.2) is 54.6 Å². The van der Waals surface area contributed by atoms with Crippen LogP contribution in [-0.4, -0.2) is 43.9 Å². The van der Waals surface area contributed by atoms with Crippen molar-refractivity contribution in [2.75, 3.05) is 11.9 Å². The van der Waals surface area contributed by atoms with E-state index in [-0.39, 0.29) is 28.9 Å². The van der Waals surface area contributed by atoms with Crippen LogP contribution in [0.3, 0.4) is 0 Å². The standard InChI is InChI=1S/C27H25N5O3/c1-15(2)14-31-26(34)20-10-9-18(13-21(20)27(31)35)25(33)29-24-12-17(4)30-32(24)23-11-16(3)19-7-5-6-8-22(19)28-23/h5-13,15H,14H2,1-4H3,(H,29,33). The summed E-state index contributed by atoms with van der Waals surface area (Å²) in [6.45, 7) is 8.07. The van der Waals surface area contributed by atoms with E-state index in [0.717, 1.165) is 16.5 Å². The molecular weight excluding hydrogens is 442 g/mol. The number of fused-ring (bicyclic) bond motifs is 2. The lowest BCUT2D eigenvalue weighted by Crippen LogP contribution is -2.33. The van der Waals surface area contributed by atoms with Crippen molar-refractivity contribution >= 4 is 34.4 Å². The van der Waals surface area contributed by atoms with Gasteiger partial charge in [0.2, 0.25) is 0 Å². The Morgan fingerprint density at radius 1 is 0.971 bits per heavy atom. The Balaban J connectivity index is 1.46. The molecule has 8 heteroatoms. The van der Waals surface area contributed by atoms with E-state index in [4.69, 9.17) is 4.98 Å². The summed E-state index contributed by atoms with van der Waals surface area (Å²) in [5.41, 5.74) is 3.45. The summed E-state index contributed by atoms with van der Waals surface area (Å²) in [6.07, 6.45) is 0. The number of aromatic nitrogens is 3. The molecule has 0 aliphatic carbocycles. The lowest BCUT2D eigenvalue weighted by molar-refractivity contribution is 0.0636. The first-order valence-corrected chi connectivity index (χ1v) is 11.5. The second kappa shape index (κ2) is 8.47. The fraction of sp³-hybridized carbons (Fsp3) is 0.222. The first kappa shape index (κ1) is 22.5. The van der Waals surface area contributed by atoms with Crippen molar-refractivity contribution in [3.8, 4) is 5.82 Å². The number of pyridine rings is 1. The molecule has 0 atom stereocenters. The predicted octanol–water partition coefficient (Wildman–Crippen LogP) is 4.54. The highest BCUT2D eigenvalue weighted by atomic mass is 16.2. The van der Waals surface area contributed by atoms with Gasteiger partial charge in [0, 0.05) is 23.6 Å². The van der Waals surface area contributed by atoms with Crippen LogP contribution >= 0.6 is 0 Å². The molecule has 2 aromatic heterocycles. The fourth-order valence-corrected chi connectivity index (χ4v) is 4.35. The molecule has 1 N–H and O–H groups in total. The highest BCUT2D eigenvalue weighted by molar-refractivity contribution is 6.22. The van der Waals surface area contributed by atoms with Gasteiger partial charge in [0.05, 0.1) is 22.3 Å². The van der Waals surface area contributed by atoms with Crippen molar-refractivity contribution < 1.29 is 14.4 Å². The van der Waals surface area contributed by atoms with E-state index >= 15 is 0 Å². The van der Waals surface area contributed by atoms with E-state index in [0.29, 0.717) is 29.4 Å². The van der Waals surface area contributed by atoms with Gasteiger partial charge in [0.15, 0.2) is 5.82 Å². The maximum absolute atomic E-state index is 13.2. The number of nitrogens with zero attached hydrogens (tertiary/aromatic N) is 4. The molecule has 0 radical (unpaired) electrons. The minimum Gasteiger partial charge on any atom is -0.306 e. The number of para-hydroxylation sites is 1. The molecule has 2 aromatic carbocycles. The maximum Gasteiger partial charge on any atom is 0.261 e. The van der Waals surface area contributed by atoms with Crippen LogP contribution in [0.5, 0.6) is 0 Å². The average Bonchev–Trinajstić information content (AvgIpc) is 3.30. The van der Waals surface area contributed by atoms with E-state index in [1.165, 1.54) is 11.0 Å². The number of carbonyl (C=O) groups is 3. The van der Waals surface area contributed by atoms with Crippen molar-refractivity contribution in [3.05, 3.63) is 82.5 Å². The number of benzene rings is 2. The normalized spacial score (nSPS) is 13.1. The summed E-state index contributed by atoms with van der Waals surface area (Å²) < 4.78 is 1.60. The van der Waals surface area contributed by atoms with Crippen molar-refractivity contribution in [1.82, 2.24) is 19.7 Å². The number of nitrogens with one attached hydrogen (secondary N) is 1. The van der Waals surface area contributed by atoms with Gasteiger partial charge in [-0.05, 0) is 55.7 Å². The van der Waals surface area contributed by atoms with Crippen LogP contribution in [0.25, 0.3) is 16.7 Å². The molecule has 0 bridgehead atoms. The lowest BCUT2D eigenvalue weighted by Gasteiger charge is -2.15. The molecule has 35 heavy (non-hydrogen) atoms. The maximum atomic E-state index is 13.2. The highest BCUT2D eigenvalue weighted by Gasteiger charge is 2.36. The quantitative estimate of drug-likeness (QED) is 0.435. The van der Waals surface area contributed by atoms with Crippen LogP contribution in [0.1, 0.15) is 56.2 Å². The van der Waals surface area contributed by atoms with Gasteiger partial charge in [-0.15, -0.1) is 0 Å². The Kier molecular flexibility index (Phi) is 5.43. The van der Waals surface area contributed by atoms with E-state index < -0.39 is 5.91 Å². The highest BCUT2D eigenvalue weighted by Crippen LogP contribution is 2.26. The largest absolute Gasteiger partial charge is 0.306 e. The smallest absolute Gasteiger partial charge is 0.261 e. The number of aryl methyl sites for hydroxylation is 2. The van der Waals surface area contributed by atoms with Crippen LogP contribution < -0.4 is 5.32 Å². The van der Waals surface area contributed by atoms with Crippen LogP contribution in [0.4, 0.5) is 5.82 Å². The first-order chi connectivity index (χ1) is 16.7. The molecule has 0 saturated carbocycles. The van der Waals surface area contributed by atoms with Gasteiger partial charge >= 0.3 is 0 Å². The number of amides is 3. The number of rotatable bonds is 5. The van der Waals surface area contributed by atoms with E-state index in [2.05, 4.69) is 10.4 Å². The Bertz CT molecular complexity index is 1520. The topological polar surface area (TPSA) is 97.2 Å². The predicted molar refractivity (Wildman–Crippen MR) is 133 cm³/mol. The van der Waals surface area contributed by atoms with Gasteiger partial charge in [0.1, 0.15) is 5.82 Å². The summed E-state index contributed by atoms with van der Waals surface area (Å²) in [5, 5.41) is 8.46.